The van der Waals surface area contributed by atoms with E-state index in [1.165, 1.54) is 0 Å². The second kappa shape index (κ2) is 8.18. The van der Waals surface area contributed by atoms with Gasteiger partial charge in [-0.25, -0.2) is 0 Å². The molecule has 0 heterocycles. The molecule has 4 N–H and O–H groups in total. The van der Waals surface area contributed by atoms with Gasteiger partial charge < -0.3 is 24.4 Å². The summed E-state index contributed by atoms with van der Waals surface area (Å²) >= 11 is 0. The van der Waals surface area contributed by atoms with Crippen molar-refractivity contribution in [2.45, 2.75) is 0 Å². The summed E-state index contributed by atoms with van der Waals surface area (Å²) in [6.45, 7) is 0. The van der Waals surface area contributed by atoms with Gasteiger partial charge in [0.15, 0.2) is 0 Å². The Labute approximate surface area is 87.7 Å². The summed E-state index contributed by atoms with van der Waals surface area (Å²) in [6, 6.07) is 0. The molecule has 0 amide bonds. The first-order valence-corrected chi connectivity index (χ1v) is 4.00. The predicted octanol–water partition coefficient (Wildman–Crippen LogP) is -2.30. The Morgan fingerprint density at radius 3 is 0.667 bits per heavy atom. The van der Waals surface area contributed by atoms with Gasteiger partial charge in [0.05, 0.1) is 0 Å². The average molecular weight is 255 g/mol. The average Bonchev–Trinajstić information content (AvgIpc) is 1.12. The minimum atomic E-state index is -5.17. The SMILES string of the molecule is O=S(=O)([O-])[O-].O=S(=O)([O-])[O-].[NH4+].[Sc+3]. The molecule has 0 aliphatic rings. The predicted molar refractivity (Wildman–Crippen MR) is 26.9 cm³/mol. The van der Waals surface area contributed by atoms with E-state index in [0.29, 0.717) is 0 Å². The standard InChI is InChI=1S/H3N.2H2O4S.Sc/c;2*1-5(2,3)4;/h1H3;2*(H2,1,2,3,4);/q;;;+3/p-3. The van der Waals surface area contributed by atoms with Crippen LogP contribution in [0.25, 0.3) is 0 Å². The van der Waals surface area contributed by atoms with Crippen LogP contribution in [-0.4, -0.2) is 35.0 Å². The second-order valence-electron chi connectivity index (χ2n) is 0.816. The van der Waals surface area contributed by atoms with Gasteiger partial charge in [-0.05, 0) is 0 Å². The van der Waals surface area contributed by atoms with E-state index in [1.807, 2.05) is 0 Å². The normalized spacial score (nSPS) is 9.67. The first-order valence-electron chi connectivity index (χ1n) is 1.33. The minimum Gasteiger partial charge on any atom is -0.759 e. The minimum absolute atomic E-state index is 0. The van der Waals surface area contributed by atoms with Crippen LogP contribution < -0.4 is 6.15 Å². The molecule has 0 aromatic heterocycles. The number of hydrogen-bond acceptors (Lipinski definition) is 8. The van der Waals surface area contributed by atoms with Crippen LogP contribution in [0.2, 0.25) is 0 Å². The third-order valence-corrected chi connectivity index (χ3v) is 0. The van der Waals surface area contributed by atoms with Gasteiger partial charge in [-0.1, -0.05) is 0 Å². The quantitative estimate of drug-likeness (QED) is 0.367. The van der Waals surface area contributed by atoms with Gasteiger partial charge >= 0.3 is 25.8 Å². The van der Waals surface area contributed by atoms with Crippen LogP contribution in [0.15, 0.2) is 0 Å². The van der Waals surface area contributed by atoms with Gasteiger partial charge in [-0.2, -0.15) is 0 Å². The molecule has 0 aliphatic heterocycles. The zero-order valence-corrected chi connectivity index (χ0v) is 9.10. The van der Waals surface area contributed by atoms with Crippen molar-refractivity contribution >= 4 is 20.8 Å². The molecule has 0 saturated carbocycles. The molecule has 12 heavy (non-hydrogen) atoms. The molecule has 0 radical (unpaired) electrons. The van der Waals surface area contributed by atoms with Gasteiger partial charge in [0.1, 0.15) is 0 Å². The van der Waals surface area contributed by atoms with Crippen molar-refractivity contribution in [1.82, 2.24) is 6.15 Å². The summed E-state index contributed by atoms with van der Waals surface area (Å²) in [6.07, 6.45) is 0. The summed E-state index contributed by atoms with van der Waals surface area (Å²) < 4.78 is 68.2. The molecule has 9 nitrogen and oxygen atoms in total. The smallest absolute Gasteiger partial charge is 0.759 e. The molecule has 0 atom stereocenters. The molecule has 0 aliphatic carbocycles. The van der Waals surface area contributed by atoms with Gasteiger partial charge in [-0.3, -0.25) is 16.8 Å². The number of rotatable bonds is 0. The van der Waals surface area contributed by atoms with Crippen molar-refractivity contribution in [3.8, 4) is 0 Å². The molecule has 0 aromatic carbocycles. The Morgan fingerprint density at radius 2 is 0.667 bits per heavy atom. The second-order valence-corrected chi connectivity index (χ2v) is 2.45. The van der Waals surface area contributed by atoms with Gasteiger partial charge in [0.25, 0.3) is 0 Å². The van der Waals surface area contributed by atoms with Crippen molar-refractivity contribution in [3.63, 3.8) is 0 Å². The molecule has 0 spiro atoms. The van der Waals surface area contributed by atoms with Crippen LogP contribution in [0.3, 0.4) is 0 Å². The summed E-state index contributed by atoms with van der Waals surface area (Å²) in [5, 5.41) is 0. The molecule has 0 unspecified atom stereocenters. The largest absolute Gasteiger partial charge is 3.00 e. The maximum Gasteiger partial charge on any atom is 3.00 e. The number of hydrogen-bond donors (Lipinski definition) is 1. The van der Waals surface area contributed by atoms with E-state index < -0.39 is 20.8 Å². The maximum atomic E-state index is 8.52. The topological polar surface area (TPSA) is 197 Å². The van der Waals surface area contributed by atoms with E-state index in [4.69, 9.17) is 35.0 Å². The Kier molecular flexibility index (Phi) is 15.6. The van der Waals surface area contributed by atoms with Crippen LogP contribution in [-0.2, 0) is 46.6 Å². The first-order chi connectivity index (χ1) is 4.00. The third kappa shape index (κ3) is 2980. The van der Waals surface area contributed by atoms with E-state index in [2.05, 4.69) is 0 Å². The molecule has 12 heteroatoms. The van der Waals surface area contributed by atoms with E-state index in [9.17, 15) is 0 Å². The Hall–Kier alpha value is 0.570. The van der Waals surface area contributed by atoms with E-state index >= 15 is 0 Å². The van der Waals surface area contributed by atoms with Crippen molar-refractivity contribution < 1.29 is 60.9 Å². The third-order valence-electron chi connectivity index (χ3n) is 0. The van der Waals surface area contributed by atoms with Crippen LogP contribution in [0.5, 0.6) is 0 Å². The monoisotopic (exact) mass is 255 g/mol. The van der Waals surface area contributed by atoms with Gasteiger partial charge in [-0.15, -0.1) is 0 Å². The zero-order valence-electron chi connectivity index (χ0n) is 5.66. The summed E-state index contributed by atoms with van der Waals surface area (Å²) in [5.74, 6) is 0. The summed E-state index contributed by atoms with van der Waals surface area (Å²) in [4.78, 5) is 0. The maximum absolute atomic E-state index is 8.52. The molecule has 0 bridgehead atoms. The fraction of sp³-hybridized carbons (Fsp3) is 0. The Morgan fingerprint density at radius 1 is 0.667 bits per heavy atom. The molecular formula is H4NO8S2Sc. The Bertz CT molecular complexity index is 213. The van der Waals surface area contributed by atoms with Crippen LogP contribution in [0.1, 0.15) is 0 Å². The van der Waals surface area contributed by atoms with Crippen molar-refractivity contribution in [2.24, 2.45) is 0 Å². The Balaban J connectivity index is -0.0000000457. The van der Waals surface area contributed by atoms with E-state index in [0.717, 1.165) is 0 Å². The summed E-state index contributed by atoms with van der Waals surface area (Å²) in [5.41, 5.74) is 0. The van der Waals surface area contributed by atoms with E-state index in [1.54, 1.807) is 0 Å². The number of quaternary nitrogens is 1. The fourth-order valence-electron chi connectivity index (χ4n) is 0. The zero-order chi connectivity index (χ0) is 9.00. The van der Waals surface area contributed by atoms with Crippen molar-refractivity contribution in [1.29, 1.82) is 0 Å². The van der Waals surface area contributed by atoms with Crippen molar-refractivity contribution in [3.05, 3.63) is 0 Å². The fourth-order valence-corrected chi connectivity index (χ4v) is 0. The molecule has 0 fully saturated rings. The molecule has 0 aromatic rings. The van der Waals surface area contributed by atoms with Crippen LogP contribution in [0, 0.1) is 0 Å². The van der Waals surface area contributed by atoms with E-state index in [-0.39, 0.29) is 32.0 Å². The van der Waals surface area contributed by atoms with Gasteiger partial charge in [0, 0.05) is 20.8 Å². The van der Waals surface area contributed by atoms with Crippen LogP contribution >= 0.6 is 0 Å². The summed E-state index contributed by atoms with van der Waals surface area (Å²) in [7, 11) is -10.3. The first kappa shape index (κ1) is 22.9. The molecule has 72 valence electrons. The molecule has 0 saturated heterocycles. The van der Waals surface area contributed by atoms with Crippen LogP contribution in [0.4, 0.5) is 0 Å². The van der Waals surface area contributed by atoms with Crippen molar-refractivity contribution in [2.75, 3.05) is 0 Å². The molecule has 0 rings (SSSR count). The molecular weight excluding hydrogens is 251 g/mol. The van der Waals surface area contributed by atoms with Gasteiger partial charge in [0.2, 0.25) is 0 Å².